The van der Waals surface area contributed by atoms with E-state index >= 15 is 0 Å². The molecule has 0 fully saturated rings. The summed E-state index contributed by atoms with van der Waals surface area (Å²) in [6.45, 7) is 7.15. The predicted molar refractivity (Wildman–Crippen MR) is 52.0 cm³/mol. The highest BCUT2D eigenvalue weighted by Crippen LogP contribution is 1.82. The van der Waals surface area contributed by atoms with E-state index in [1.165, 1.54) is 0 Å². The van der Waals surface area contributed by atoms with Crippen molar-refractivity contribution in [3.05, 3.63) is 0 Å². The molecule has 4 nitrogen and oxygen atoms in total. The maximum atomic E-state index is 9.60. The van der Waals surface area contributed by atoms with Crippen LogP contribution in [0.25, 0.3) is 0 Å². The van der Waals surface area contributed by atoms with Crippen LogP contribution in [0.15, 0.2) is 0 Å². The molecule has 12 heavy (non-hydrogen) atoms. The highest BCUT2D eigenvalue weighted by atomic mass is 16.4. The molecule has 0 bridgehead atoms. The Labute approximate surface area is 74.9 Å². The van der Waals surface area contributed by atoms with Crippen LogP contribution in [-0.4, -0.2) is 24.2 Å². The summed E-state index contributed by atoms with van der Waals surface area (Å²) in [7, 11) is 0. The highest BCUT2D eigenvalue weighted by Gasteiger charge is 1.87. The molecular formula is C8H22N2O2. The van der Waals surface area contributed by atoms with Gasteiger partial charge in [-0.3, -0.25) is 4.79 Å². The number of carboxylic acids is 1. The minimum absolute atomic E-state index is 0.292. The molecule has 0 atom stereocenters. The van der Waals surface area contributed by atoms with Gasteiger partial charge in [0.05, 0.1) is 0 Å². The molecule has 4 heteroatoms. The van der Waals surface area contributed by atoms with Crippen molar-refractivity contribution < 1.29 is 9.90 Å². The number of carboxylic acid groups (broad SMARTS) is 1. The van der Waals surface area contributed by atoms with Crippen LogP contribution in [0.4, 0.5) is 0 Å². The first-order chi connectivity index (χ1) is 5.60. The Bertz CT molecular complexity index is 75.5. The van der Waals surface area contributed by atoms with E-state index in [2.05, 4.69) is 0 Å². The Morgan fingerprint density at radius 3 is 1.42 bits per heavy atom. The molecule has 5 N–H and O–H groups in total. The van der Waals surface area contributed by atoms with Crippen molar-refractivity contribution in [2.45, 2.75) is 33.6 Å². The van der Waals surface area contributed by atoms with Gasteiger partial charge in [-0.1, -0.05) is 20.8 Å². The lowest BCUT2D eigenvalue weighted by Crippen LogP contribution is -1.90. The second kappa shape index (κ2) is 22.4. The number of carbonyl (C=O) groups is 1. The summed E-state index contributed by atoms with van der Waals surface area (Å²) >= 11 is 0. The molecule has 76 valence electrons. The topological polar surface area (TPSA) is 89.3 Å². The molecule has 0 aromatic heterocycles. The molecule has 0 spiro atoms. The van der Waals surface area contributed by atoms with Gasteiger partial charge in [-0.2, -0.15) is 0 Å². The molecule has 0 heterocycles. The zero-order chi connectivity index (χ0) is 10.4. The molecular weight excluding hydrogens is 156 g/mol. The van der Waals surface area contributed by atoms with Crippen molar-refractivity contribution >= 4 is 5.97 Å². The van der Waals surface area contributed by atoms with Crippen molar-refractivity contribution in [3.63, 3.8) is 0 Å². The lowest BCUT2D eigenvalue weighted by molar-refractivity contribution is -0.137. The van der Waals surface area contributed by atoms with Gasteiger partial charge < -0.3 is 16.6 Å². The third kappa shape index (κ3) is 116. The van der Waals surface area contributed by atoms with Gasteiger partial charge in [-0.15, -0.1) is 0 Å². The molecule has 0 aromatic carbocycles. The van der Waals surface area contributed by atoms with E-state index in [0.29, 0.717) is 6.42 Å². The van der Waals surface area contributed by atoms with Crippen LogP contribution < -0.4 is 11.5 Å². The Balaban J connectivity index is -0.000000115. The maximum Gasteiger partial charge on any atom is 0.303 e. The van der Waals surface area contributed by atoms with Crippen molar-refractivity contribution in [2.24, 2.45) is 11.5 Å². The summed E-state index contributed by atoms with van der Waals surface area (Å²) in [5.74, 6) is -0.711. The molecule has 0 amide bonds. The SMILES string of the molecule is CCCC(=O)O.CCN.CCN. The normalized spacial score (nSPS) is 7.08. The van der Waals surface area contributed by atoms with Crippen molar-refractivity contribution in [3.8, 4) is 0 Å². The fraction of sp³-hybridized carbons (Fsp3) is 0.875. The van der Waals surface area contributed by atoms with Gasteiger partial charge in [-0.25, -0.2) is 0 Å². The van der Waals surface area contributed by atoms with Crippen LogP contribution in [0.3, 0.4) is 0 Å². The van der Waals surface area contributed by atoms with E-state index in [1.54, 1.807) is 0 Å². The van der Waals surface area contributed by atoms with Gasteiger partial charge in [0.25, 0.3) is 0 Å². The summed E-state index contributed by atoms with van der Waals surface area (Å²) < 4.78 is 0. The fourth-order valence-corrected chi connectivity index (χ4v) is 0.214. The molecule has 0 aliphatic carbocycles. The van der Waals surface area contributed by atoms with Crippen molar-refractivity contribution in [1.29, 1.82) is 0 Å². The Kier molecular flexibility index (Phi) is 32.7. The fourth-order valence-electron chi connectivity index (χ4n) is 0.214. The van der Waals surface area contributed by atoms with E-state index in [4.69, 9.17) is 16.6 Å². The van der Waals surface area contributed by atoms with E-state index in [1.807, 2.05) is 20.8 Å². The van der Waals surface area contributed by atoms with E-state index < -0.39 is 5.97 Å². The average Bonchev–Trinajstić information content (AvgIpc) is 1.89. The molecule has 0 radical (unpaired) electrons. The predicted octanol–water partition coefficient (Wildman–Crippen LogP) is 0.801. The monoisotopic (exact) mass is 178 g/mol. The summed E-state index contributed by atoms with van der Waals surface area (Å²) in [5, 5.41) is 7.91. The van der Waals surface area contributed by atoms with Gasteiger partial charge in [0, 0.05) is 6.42 Å². The second-order valence-electron chi connectivity index (χ2n) is 1.96. The summed E-state index contributed by atoms with van der Waals surface area (Å²) in [6.07, 6.45) is 1.02. The van der Waals surface area contributed by atoms with E-state index in [-0.39, 0.29) is 0 Å². The van der Waals surface area contributed by atoms with Crippen LogP contribution >= 0.6 is 0 Å². The quantitative estimate of drug-likeness (QED) is 0.583. The molecule has 0 saturated heterocycles. The molecule has 0 unspecified atom stereocenters. The van der Waals surface area contributed by atoms with Gasteiger partial charge in [-0.05, 0) is 19.5 Å². The Morgan fingerprint density at radius 1 is 1.17 bits per heavy atom. The highest BCUT2D eigenvalue weighted by molar-refractivity contribution is 5.66. The summed E-state index contributed by atoms with van der Waals surface area (Å²) in [4.78, 5) is 9.60. The minimum Gasteiger partial charge on any atom is -0.481 e. The number of aliphatic carboxylic acids is 1. The number of hydrogen-bond donors (Lipinski definition) is 3. The average molecular weight is 178 g/mol. The standard InChI is InChI=1S/C4H8O2.2C2H7N/c1-2-3-4(5)6;2*1-2-3/h2-3H2,1H3,(H,5,6);2*2-3H2,1H3. The third-order valence-corrected chi connectivity index (χ3v) is 0.464. The van der Waals surface area contributed by atoms with Gasteiger partial charge in [0.1, 0.15) is 0 Å². The first-order valence-electron chi connectivity index (χ1n) is 4.22. The lowest BCUT2D eigenvalue weighted by atomic mass is 10.4. The zero-order valence-electron chi connectivity index (χ0n) is 8.34. The Hall–Kier alpha value is -0.610. The van der Waals surface area contributed by atoms with Crippen LogP contribution in [0.5, 0.6) is 0 Å². The summed E-state index contributed by atoms with van der Waals surface area (Å²) in [6, 6.07) is 0. The molecule has 0 saturated carbocycles. The summed E-state index contributed by atoms with van der Waals surface area (Å²) in [5.41, 5.74) is 9.69. The largest absolute Gasteiger partial charge is 0.481 e. The van der Waals surface area contributed by atoms with Crippen molar-refractivity contribution in [1.82, 2.24) is 0 Å². The molecule has 0 aliphatic heterocycles. The minimum atomic E-state index is -0.711. The smallest absolute Gasteiger partial charge is 0.303 e. The lowest BCUT2D eigenvalue weighted by Gasteiger charge is -1.79. The van der Waals surface area contributed by atoms with Crippen LogP contribution in [0, 0.1) is 0 Å². The number of hydrogen-bond acceptors (Lipinski definition) is 3. The van der Waals surface area contributed by atoms with Crippen LogP contribution in [0.2, 0.25) is 0 Å². The van der Waals surface area contributed by atoms with E-state index in [9.17, 15) is 4.79 Å². The Morgan fingerprint density at radius 2 is 1.42 bits per heavy atom. The molecule has 0 rings (SSSR count). The van der Waals surface area contributed by atoms with Gasteiger partial charge in [0.15, 0.2) is 0 Å². The zero-order valence-corrected chi connectivity index (χ0v) is 8.34. The third-order valence-electron chi connectivity index (χ3n) is 0.464. The van der Waals surface area contributed by atoms with Crippen LogP contribution in [0.1, 0.15) is 33.6 Å². The molecule has 0 aromatic rings. The van der Waals surface area contributed by atoms with E-state index in [0.717, 1.165) is 19.5 Å². The second-order valence-corrected chi connectivity index (χ2v) is 1.96. The molecule has 0 aliphatic rings. The maximum absolute atomic E-state index is 9.60. The number of rotatable bonds is 2. The van der Waals surface area contributed by atoms with Crippen molar-refractivity contribution in [2.75, 3.05) is 13.1 Å². The van der Waals surface area contributed by atoms with Gasteiger partial charge >= 0.3 is 5.97 Å². The first kappa shape index (κ1) is 17.5. The van der Waals surface area contributed by atoms with Gasteiger partial charge in [0.2, 0.25) is 0 Å². The first-order valence-corrected chi connectivity index (χ1v) is 4.22. The van der Waals surface area contributed by atoms with Crippen LogP contribution in [-0.2, 0) is 4.79 Å². The number of nitrogens with two attached hydrogens (primary N) is 2.